The lowest BCUT2D eigenvalue weighted by atomic mass is 10.0. The summed E-state index contributed by atoms with van der Waals surface area (Å²) in [4.78, 5) is 4.12. The van der Waals surface area contributed by atoms with E-state index in [1.807, 2.05) is 6.92 Å². The van der Waals surface area contributed by atoms with Crippen molar-refractivity contribution in [1.82, 2.24) is 4.98 Å². The van der Waals surface area contributed by atoms with Gasteiger partial charge in [-0.3, -0.25) is 0 Å². The molecule has 1 unspecified atom stereocenters. The van der Waals surface area contributed by atoms with Crippen molar-refractivity contribution in [2.75, 3.05) is 0 Å². The van der Waals surface area contributed by atoms with Gasteiger partial charge >= 0.3 is 0 Å². The second kappa shape index (κ2) is 2.86. The Labute approximate surface area is 61.3 Å². The number of hydrogen-bond acceptors (Lipinski definition) is 2. The van der Waals surface area contributed by atoms with Gasteiger partial charge in [0.25, 0.3) is 0 Å². The van der Waals surface area contributed by atoms with Gasteiger partial charge in [-0.25, -0.2) is 4.98 Å². The minimum atomic E-state index is 0.527. The van der Waals surface area contributed by atoms with Gasteiger partial charge in [-0.2, -0.15) is 0 Å². The van der Waals surface area contributed by atoms with Crippen LogP contribution in [0.15, 0.2) is 10.8 Å². The van der Waals surface area contributed by atoms with Crippen LogP contribution in [0.5, 0.6) is 0 Å². The van der Waals surface area contributed by atoms with E-state index in [2.05, 4.69) is 18.8 Å². The average Bonchev–Trinajstić information content (AvgIpc) is 2.34. The Morgan fingerprint density at radius 3 is 2.80 bits per heavy atom. The third-order valence-electron chi connectivity index (χ3n) is 1.86. The number of aryl methyl sites for hydroxylation is 1. The first-order valence-corrected chi connectivity index (χ1v) is 3.65. The molecule has 0 aliphatic heterocycles. The molecule has 0 fully saturated rings. The van der Waals surface area contributed by atoms with Gasteiger partial charge in [-0.15, -0.1) is 0 Å². The molecule has 0 saturated heterocycles. The number of rotatable bonds is 2. The van der Waals surface area contributed by atoms with E-state index < -0.39 is 0 Å². The second-order valence-corrected chi connectivity index (χ2v) is 2.60. The normalized spacial score (nSPS) is 13.5. The average molecular weight is 139 g/mol. The van der Waals surface area contributed by atoms with Crippen LogP contribution >= 0.6 is 0 Å². The lowest BCUT2D eigenvalue weighted by Crippen LogP contribution is -1.92. The third kappa shape index (κ3) is 1.20. The summed E-state index contributed by atoms with van der Waals surface area (Å²) >= 11 is 0. The summed E-state index contributed by atoms with van der Waals surface area (Å²) in [6, 6.07) is 0. The monoisotopic (exact) mass is 139 g/mol. The first-order chi connectivity index (χ1) is 4.75. The van der Waals surface area contributed by atoms with Gasteiger partial charge < -0.3 is 4.42 Å². The van der Waals surface area contributed by atoms with Crippen molar-refractivity contribution in [2.24, 2.45) is 0 Å². The Balaban J connectivity index is 2.82. The van der Waals surface area contributed by atoms with Crippen LogP contribution in [0.1, 0.15) is 37.6 Å². The predicted molar refractivity (Wildman–Crippen MR) is 39.9 cm³/mol. The van der Waals surface area contributed by atoms with E-state index in [1.54, 1.807) is 0 Å². The van der Waals surface area contributed by atoms with Crippen molar-refractivity contribution >= 4 is 0 Å². The van der Waals surface area contributed by atoms with Gasteiger partial charge in [0, 0.05) is 5.92 Å². The summed E-state index contributed by atoms with van der Waals surface area (Å²) < 4.78 is 5.08. The zero-order chi connectivity index (χ0) is 7.56. The molecule has 1 aromatic rings. The molecule has 0 N–H and O–H groups in total. The van der Waals surface area contributed by atoms with Crippen LogP contribution in [0.25, 0.3) is 0 Å². The molecule has 1 atom stereocenters. The Hall–Kier alpha value is -0.790. The molecule has 0 aliphatic carbocycles. The highest BCUT2D eigenvalue weighted by Crippen LogP contribution is 2.19. The molecule has 2 nitrogen and oxygen atoms in total. The van der Waals surface area contributed by atoms with Gasteiger partial charge in [0.05, 0.1) is 5.69 Å². The number of oxazole rings is 1. The summed E-state index contributed by atoms with van der Waals surface area (Å²) in [5.74, 6) is 1.48. The number of nitrogens with zero attached hydrogens (tertiary/aromatic N) is 1. The lowest BCUT2D eigenvalue weighted by Gasteiger charge is -2.02. The summed E-state index contributed by atoms with van der Waals surface area (Å²) in [7, 11) is 0. The zero-order valence-corrected chi connectivity index (χ0v) is 6.72. The van der Waals surface area contributed by atoms with Crippen molar-refractivity contribution in [1.29, 1.82) is 0 Å². The van der Waals surface area contributed by atoms with Crippen LogP contribution < -0.4 is 0 Å². The SMILES string of the molecule is CCC(C)c1ncoc1C. The number of aromatic nitrogens is 1. The first kappa shape index (κ1) is 7.32. The van der Waals surface area contributed by atoms with Crippen LogP contribution in [-0.2, 0) is 0 Å². The van der Waals surface area contributed by atoms with E-state index in [1.165, 1.54) is 6.39 Å². The Bertz CT molecular complexity index is 205. The largest absolute Gasteiger partial charge is 0.449 e. The molecule has 0 aliphatic rings. The van der Waals surface area contributed by atoms with Crippen molar-refractivity contribution in [3.05, 3.63) is 17.8 Å². The van der Waals surface area contributed by atoms with E-state index in [9.17, 15) is 0 Å². The van der Waals surface area contributed by atoms with Crippen molar-refractivity contribution < 1.29 is 4.42 Å². The minimum Gasteiger partial charge on any atom is -0.449 e. The quantitative estimate of drug-likeness (QED) is 0.629. The molecule has 0 saturated carbocycles. The summed E-state index contributed by atoms with van der Waals surface area (Å²) in [6.07, 6.45) is 2.63. The highest BCUT2D eigenvalue weighted by atomic mass is 16.3. The molecular formula is C8H13NO. The molecule has 56 valence electrons. The van der Waals surface area contributed by atoms with Gasteiger partial charge in [0.15, 0.2) is 6.39 Å². The first-order valence-electron chi connectivity index (χ1n) is 3.65. The molecule has 0 aromatic carbocycles. The Kier molecular flexibility index (Phi) is 2.10. The topological polar surface area (TPSA) is 26.0 Å². The molecule has 1 rings (SSSR count). The van der Waals surface area contributed by atoms with E-state index in [4.69, 9.17) is 4.42 Å². The van der Waals surface area contributed by atoms with Crippen molar-refractivity contribution in [2.45, 2.75) is 33.1 Å². The van der Waals surface area contributed by atoms with Crippen LogP contribution in [0, 0.1) is 6.92 Å². The highest BCUT2D eigenvalue weighted by molar-refractivity contribution is 5.09. The second-order valence-electron chi connectivity index (χ2n) is 2.60. The molecular weight excluding hydrogens is 126 g/mol. The number of hydrogen-bond donors (Lipinski definition) is 0. The maximum absolute atomic E-state index is 5.08. The Morgan fingerprint density at radius 1 is 1.70 bits per heavy atom. The maximum atomic E-state index is 5.08. The van der Waals surface area contributed by atoms with Crippen molar-refractivity contribution in [3.63, 3.8) is 0 Å². The fourth-order valence-electron chi connectivity index (χ4n) is 0.981. The van der Waals surface area contributed by atoms with E-state index >= 15 is 0 Å². The summed E-state index contributed by atoms with van der Waals surface area (Å²) in [6.45, 7) is 6.26. The van der Waals surface area contributed by atoms with Gasteiger partial charge in [-0.1, -0.05) is 13.8 Å². The maximum Gasteiger partial charge on any atom is 0.181 e. The molecule has 0 amide bonds. The van der Waals surface area contributed by atoms with Gasteiger partial charge in [0.2, 0.25) is 0 Å². The third-order valence-corrected chi connectivity index (χ3v) is 1.86. The van der Waals surface area contributed by atoms with E-state index in [0.717, 1.165) is 17.9 Å². The lowest BCUT2D eigenvalue weighted by molar-refractivity contribution is 0.521. The fourth-order valence-corrected chi connectivity index (χ4v) is 0.981. The summed E-state index contributed by atoms with van der Waals surface area (Å²) in [5.41, 5.74) is 1.10. The van der Waals surface area contributed by atoms with Crippen LogP contribution in [0.2, 0.25) is 0 Å². The van der Waals surface area contributed by atoms with Crippen LogP contribution in [0.3, 0.4) is 0 Å². The molecule has 0 spiro atoms. The van der Waals surface area contributed by atoms with Gasteiger partial charge in [0.1, 0.15) is 5.76 Å². The van der Waals surface area contributed by atoms with E-state index in [0.29, 0.717) is 5.92 Å². The zero-order valence-electron chi connectivity index (χ0n) is 6.72. The van der Waals surface area contributed by atoms with E-state index in [-0.39, 0.29) is 0 Å². The molecule has 1 heterocycles. The molecule has 10 heavy (non-hydrogen) atoms. The molecule has 0 radical (unpaired) electrons. The predicted octanol–water partition coefficient (Wildman–Crippen LogP) is 2.50. The molecule has 0 bridgehead atoms. The van der Waals surface area contributed by atoms with Crippen LogP contribution in [-0.4, -0.2) is 4.98 Å². The van der Waals surface area contributed by atoms with Crippen molar-refractivity contribution in [3.8, 4) is 0 Å². The Morgan fingerprint density at radius 2 is 2.40 bits per heavy atom. The molecule has 2 heteroatoms. The summed E-state index contributed by atoms with van der Waals surface area (Å²) in [5, 5.41) is 0. The standard InChI is InChI=1S/C8H13NO/c1-4-6(2)8-7(3)10-5-9-8/h5-6H,4H2,1-3H3. The minimum absolute atomic E-state index is 0.527. The highest BCUT2D eigenvalue weighted by Gasteiger charge is 2.09. The molecule has 1 aromatic heterocycles. The van der Waals surface area contributed by atoms with Crippen LogP contribution in [0.4, 0.5) is 0 Å². The smallest absolute Gasteiger partial charge is 0.181 e. The fraction of sp³-hybridized carbons (Fsp3) is 0.625. The van der Waals surface area contributed by atoms with Gasteiger partial charge in [-0.05, 0) is 13.3 Å².